The van der Waals surface area contributed by atoms with Crippen LogP contribution in [0.4, 0.5) is 0 Å². The Labute approximate surface area is 291 Å². The molecule has 0 fully saturated rings. The Kier molecular flexibility index (Phi) is 36.9. The molecule has 0 rings (SSSR count). The number of carbonyl (C=O) groups excluding carboxylic acids is 2. The molecule has 8 heteroatoms. The Morgan fingerprint density at radius 2 is 0.766 bits per heavy atom. The molecule has 0 saturated heterocycles. The number of rotatable bonds is 38. The number of carbonyl (C=O) groups is 2. The van der Waals surface area contributed by atoms with Gasteiger partial charge in [-0.3, -0.25) is 9.59 Å². The van der Waals surface area contributed by atoms with Crippen molar-refractivity contribution in [2.24, 2.45) is 0 Å². The van der Waals surface area contributed by atoms with Crippen molar-refractivity contribution in [3.05, 3.63) is 0 Å². The third-order valence-electron chi connectivity index (χ3n) is 9.06. The lowest BCUT2D eigenvalue weighted by Gasteiger charge is -2.16. The number of ether oxygens (including phenoxy) is 2. The van der Waals surface area contributed by atoms with Crippen LogP contribution in [0.15, 0.2) is 0 Å². The van der Waals surface area contributed by atoms with Gasteiger partial charge in [0.1, 0.15) is 13.2 Å². The fourth-order valence-corrected chi connectivity index (χ4v) is 6.33. The van der Waals surface area contributed by atoms with Gasteiger partial charge >= 0.3 is 20.2 Å². The van der Waals surface area contributed by atoms with Crippen LogP contribution in [0.3, 0.4) is 0 Å². The summed E-state index contributed by atoms with van der Waals surface area (Å²) in [5.74, 6) is -0.762. The summed E-state index contributed by atoms with van der Waals surface area (Å²) in [5.41, 5.74) is 0. The first kappa shape index (κ1) is 46.0. The second-order valence-electron chi connectivity index (χ2n) is 13.7. The van der Waals surface area contributed by atoms with Gasteiger partial charge in [-0.1, -0.05) is 194 Å². The van der Waals surface area contributed by atoms with Crippen LogP contribution in [0.1, 0.15) is 219 Å². The van der Waals surface area contributed by atoms with Gasteiger partial charge in [-0.25, -0.2) is 0 Å². The first-order valence-electron chi connectivity index (χ1n) is 20.1. The third-order valence-corrected chi connectivity index (χ3v) is 9.42. The smallest absolute Gasteiger partial charge is 0.488 e. The molecule has 0 heterocycles. The first-order valence-corrected chi connectivity index (χ1v) is 21.2. The zero-order valence-corrected chi connectivity index (χ0v) is 31.8. The maximum atomic E-state index is 12.3. The minimum atomic E-state index is -3.07. The molecule has 0 bridgehead atoms. The quantitative estimate of drug-likeness (QED) is 0.0362. The summed E-state index contributed by atoms with van der Waals surface area (Å²) in [7, 11) is -3.07. The van der Waals surface area contributed by atoms with Crippen molar-refractivity contribution in [1.29, 1.82) is 0 Å². The highest BCUT2D eigenvalue weighted by molar-refractivity contribution is 7.30. The normalized spacial score (nSPS) is 12.3. The van der Waals surface area contributed by atoms with E-state index in [2.05, 4.69) is 18.4 Å². The Morgan fingerprint density at radius 1 is 0.468 bits per heavy atom. The van der Waals surface area contributed by atoms with Gasteiger partial charge in [0.2, 0.25) is 0 Å². The van der Waals surface area contributed by atoms with E-state index in [4.69, 9.17) is 9.47 Å². The summed E-state index contributed by atoms with van der Waals surface area (Å²) in [5, 5.41) is 0. The summed E-state index contributed by atoms with van der Waals surface area (Å²) < 4.78 is 26.2. The minimum absolute atomic E-state index is 0.189. The third kappa shape index (κ3) is 37.6. The first-order chi connectivity index (χ1) is 23.0. The second-order valence-corrected chi connectivity index (χ2v) is 14.4. The molecule has 0 aliphatic rings. The fraction of sp³-hybridized carbons (Fsp3) is 0.949. The molecule has 278 valence electrons. The van der Waals surface area contributed by atoms with Crippen LogP contribution in [0.25, 0.3) is 0 Å². The molecule has 0 amide bonds. The number of esters is 2. The van der Waals surface area contributed by atoms with Crippen molar-refractivity contribution < 1.29 is 33.0 Å². The lowest BCUT2D eigenvalue weighted by Crippen LogP contribution is -2.29. The topological polar surface area (TPSA) is 102 Å². The summed E-state index contributed by atoms with van der Waals surface area (Å²) >= 11 is 0. The summed E-state index contributed by atoms with van der Waals surface area (Å²) in [4.78, 5) is 35.4. The predicted molar refractivity (Wildman–Crippen MR) is 193 cm³/mol. The zero-order valence-electron chi connectivity index (χ0n) is 30.9. The van der Waals surface area contributed by atoms with Crippen molar-refractivity contribution in [2.75, 3.05) is 13.2 Å². The molecule has 1 unspecified atom stereocenters. The molecule has 0 N–H and O–H groups in total. The van der Waals surface area contributed by atoms with Gasteiger partial charge in [-0.05, 0) is 17.4 Å². The van der Waals surface area contributed by atoms with E-state index in [0.29, 0.717) is 6.42 Å². The number of hydrogen-bond acceptors (Lipinski definition) is 7. The van der Waals surface area contributed by atoms with Gasteiger partial charge in [0.15, 0.2) is 6.10 Å². The van der Waals surface area contributed by atoms with Crippen LogP contribution in [-0.2, 0) is 28.2 Å². The maximum Gasteiger partial charge on any atom is 0.488 e. The van der Waals surface area contributed by atoms with Crippen molar-refractivity contribution in [2.45, 2.75) is 225 Å². The molecule has 0 aromatic rings. The van der Waals surface area contributed by atoms with Gasteiger partial charge in [0, 0.05) is 12.8 Å². The molecule has 0 aliphatic heterocycles. The second kappa shape index (κ2) is 37.8. The maximum absolute atomic E-state index is 12.3. The predicted octanol–water partition coefficient (Wildman–Crippen LogP) is 12.0. The average molecular weight is 687 g/mol. The molecule has 0 aliphatic carbocycles. The van der Waals surface area contributed by atoms with Gasteiger partial charge in [-0.15, -0.1) is 4.52 Å². The molecule has 0 radical (unpaired) electrons. The summed E-state index contributed by atoms with van der Waals surface area (Å²) in [6.45, 7) is 3.99. The van der Waals surface area contributed by atoms with Crippen molar-refractivity contribution in [3.8, 4) is 0 Å². The van der Waals surface area contributed by atoms with Crippen LogP contribution in [-0.4, -0.2) is 31.3 Å². The lowest BCUT2D eigenvalue weighted by atomic mass is 10.0. The van der Waals surface area contributed by atoms with Crippen molar-refractivity contribution in [1.82, 2.24) is 0 Å². The molecule has 7 nitrogen and oxygen atoms in total. The highest BCUT2D eigenvalue weighted by Crippen LogP contribution is 2.16. The van der Waals surface area contributed by atoms with Gasteiger partial charge in [-0.2, -0.15) is 0 Å². The Morgan fingerprint density at radius 3 is 1.09 bits per heavy atom. The molecule has 47 heavy (non-hydrogen) atoms. The molecular formula is C39H75O7P. The van der Waals surface area contributed by atoms with E-state index in [1.54, 1.807) is 0 Å². The molecule has 0 aromatic heterocycles. The van der Waals surface area contributed by atoms with Crippen LogP contribution in [0, 0.1) is 0 Å². The fourth-order valence-electron chi connectivity index (χ4n) is 6.04. The van der Waals surface area contributed by atoms with E-state index in [0.717, 1.165) is 38.5 Å². The lowest BCUT2D eigenvalue weighted by molar-refractivity contribution is -0.190. The largest absolute Gasteiger partial charge is 0.566 e. The van der Waals surface area contributed by atoms with Crippen molar-refractivity contribution in [3.63, 3.8) is 0 Å². The SMILES string of the molecule is CCCCCCCCCCCCCCCCCC(=O)OC[C@@H](CO[P+](=O)[O-])OC(=O)CCCCCCCCCCCCCCCCC. The highest BCUT2D eigenvalue weighted by Gasteiger charge is 2.20. The van der Waals surface area contributed by atoms with E-state index < -0.39 is 20.3 Å². The van der Waals surface area contributed by atoms with Gasteiger partial charge in [0.25, 0.3) is 0 Å². The van der Waals surface area contributed by atoms with E-state index in [1.165, 1.54) is 154 Å². The van der Waals surface area contributed by atoms with E-state index in [-0.39, 0.29) is 25.6 Å². The summed E-state index contributed by atoms with van der Waals surface area (Å²) in [6.07, 6.45) is 37.4. The van der Waals surface area contributed by atoms with Crippen molar-refractivity contribution >= 4 is 20.2 Å². The zero-order chi connectivity index (χ0) is 34.5. The van der Waals surface area contributed by atoms with Crippen LogP contribution < -0.4 is 4.89 Å². The molecular weight excluding hydrogens is 611 g/mol. The van der Waals surface area contributed by atoms with Crippen LogP contribution in [0.5, 0.6) is 0 Å². The Balaban J connectivity index is 3.78. The van der Waals surface area contributed by atoms with Crippen LogP contribution >= 0.6 is 8.25 Å². The van der Waals surface area contributed by atoms with E-state index >= 15 is 0 Å². The van der Waals surface area contributed by atoms with E-state index in [1.807, 2.05) is 0 Å². The average Bonchev–Trinajstić information content (AvgIpc) is 3.05. The Hall–Kier alpha value is -1.04. The monoisotopic (exact) mass is 687 g/mol. The molecule has 0 saturated carbocycles. The molecule has 0 spiro atoms. The van der Waals surface area contributed by atoms with Gasteiger partial charge < -0.3 is 14.4 Å². The number of unbranched alkanes of at least 4 members (excludes halogenated alkanes) is 28. The van der Waals surface area contributed by atoms with Gasteiger partial charge in [0.05, 0.1) is 0 Å². The number of hydrogen-bond donors (Lipinski definition) is 0. The molecule has 0 aromatic carbocycles. The molecule has 2 atom stereocenters. The highest BCUT2D eigenvalue weighted by atomic mass is 31.1. The Bertz CT molecular complexity index is 703. The minimum Gasteiger partial charge on any atom is -0.566 e. The van der Waals surface area contributed by atoms with Crippen LogP contribution in [0.2, 0.25) is 0 Å². The summed E-state index contributed by atoms with van der Waals surface area (Å²) in [6, 6.07) is 0. The van der Waals surface area contributed by atoms with E-state index in [9.17, 15) is 19.0 Å². The standard InChI is InChI=1S/C39H75O7P/c1-3-5-7-9-11-13-15-17-19-21-23-25-27-29-31-33-38(40)44-35-37(36-45-47(42)43)46-39(41)34-32-30-28-26-24-22-20-18-16-14-12-10-8-6-4-2/h37H,3-36H2,1-2H3/t37-/m0/s1.